The van der Waals surface area contributed by atoms with E-state index >= 15 is 0 Å². The first-order valence-corrected chi connectivity index (χ1v) is 3.38. The van der Waals surface area contributed by atoms with E-state index in [2.05, 4.69) is 10.4 Å². The van der Waals surface area contributed by atoms with Crippen molar-refractivity contribution in [3.63, 3.8) is 0 Å². The Morgan fingerprint density at radius 3 is 3.27 bits per heavy atom. The van der Waals surface area contributed by atoms with Crippen LogP contribution in [-0.4, -0.2) is 23.9 Å². The molecule has 2 aliphatic rings. The maximum absolute atomic E-state index is 5.56. The summed E-state index contributed by atoms with van der Waals surface area (Å²) in [7, 11) is 0. The van der Waals surface area contributed by atoms with E-state index in [4.69, 9.17) is 5.73 Å². The van der Waals surface area contributed by atoms with Crippen LogP contribution in [0.3, 0.4) is 0 Å². The van der Waals surface area contributed by atoms with E-state index in [0.717, 1.165) is 24.5 Å². The first kappa shape index (κ1) is 8.36. The van der Waals surface area contributed by atoms with Crippen LogP contribution in [0, 0.1) is 0 Å². The molecule has 1 fully saturated rings. The standard InChI is InChI=1S/C6H10N4.ClH/c7-5-3-8-6-1-2-9-10(6)4-5;/h4,9H,1-3,7H2;1H. The van der Waals surface area contributed by atoms with Crippen LogP contribution in [0.5, 0.6) is 0 Å². The molecule has 0 radical (unpaired) electrons. The predicted octanol–water partition coefficient (Wildman–Crippen LogP) is -0.169. The van der Waals surface area contributed by atoms with Gasteiger partial charge in [-0.3, -0.25) is 10.0 Å². The summed E-state index contributed by atoms with van der Waals surface area (Å²) in [5, 5.41) is 1.90. The third-order valence-corrected chi connectivity index (χ3v) is 1.65. The molecule has 0 atom stereocenters. The highest BCUT2D eigenvalue weighted by molar-refractivity contribution is 5.85. The second-order valence-electron chi connectivity index (χ2n) is 2.46. The molecule has 0 unspecified atom stereocenters. The zero-order valence-corrected chi connectivity index (χ0v) is 6.90. The molecule has 0 amide bonds. The van der Waals surface area contributed by atoms with E-state index in [1.165, 1.54) is 0 Å². The third kappa shape index (κ3) is 1.46. The maximum Gasteiger partial charge on any atom is 0.119 e. The van der Waals surface area contributed by atoms with Crippen molar-refractivity contribution in [3.8, 4) is 0 Å². The molecule has 0 aromatic carbocycles. The van der Waals surface area contributed by atoms with Gasteiger partial charge in [-0.15, -0.1) is 12.4 Å². The molecule has 1 saturated heterocycles. The summed E-state index contributed by atoms with van der Waals surface area (Å²) in [4.78, 5) is 4.26. The number of aliphatic imine (C=N–C) groups is 1. The molecule has 5 heteroatoms. The van der Waals surface area contributed by atoms with Crippen molar-refractivity contribution in [1.82, 2.24) is 10.4 Å². The van der Waals surface area contributed by atoms with Crippen LogP contribution >= 0.6 is 12.4 Å². The number of halogens is 1. The van der Waals surface area contributed by atoms with Crippen LogP contribution in [0.4, 0.5) is 0 Å². The van der Waals surface area contributed by atoms with E-state index in [1.54, 1.807) is 0 Å². The lowest BCUT2D eigenvalue weighted by Gasteiger charge is -2.18. The lowest BCUT2D eigenvalue weighted by Crippen LogP contribution is -2.33. The topological polar surface area (TPSA) is 53.6 Å². The number of hydrogen-bond acceptors (Lipinski definition) is 4. The first-order valence-electron chi connectivity index (χ1n) is 3.38. The summed E-state index contributed by atoms with van der Waals surface area (Å²) in [5.41, 5.74) is 9.52. The van der Waals surface area contributed by atoms with Crippen LogP contribution in [0.25, 0.3) is 0 Å². The molecule has 4 nitrogen and oxygen atoms in total. The van der Waals surface area contributed by atoms with Crippen molar-refractivity contribution in [3.05, 3.63) is 11.9 Å². The molecule has 0 aromatic heterocycles. The van der Waals surface area contributed by atoms with Crippen LogP contribution < -0.4 is 11.2 Å². The second kappa shape index (κ2) is 3.11. The predicted molar refractivity (Wildman–Crippen MR) is 46.3 cm³/mol. The number of fused-ring (bicyclic) bond motifs is 1. The number of amidine groups is 1. The fourth-order valence-corrected chi connectivity index (χ4v) is 1.16. The molecule has 62 valence electrons. The molecule has 0 spiro atoms. The molecular formula is C6H11ClN4. The molecule has 3 N–H and O–H groups in total. The summed E-state index contributed by atoms with van der Waals surface area (Å²) < 4.78 is 0. The SMILES string of the molecule is Cl.NC1=CN2NCCC2=NC1. The van der Waals surface area contributed by atoms with Crippen molar-refractivity contribution < 1.29 is 0 Å². The zero-order chi connectivity index (χ0) is 6.97. The summed E-state index contributed by atoms with van der Waals surface area (Å²) >= 11 is 0. The fourth-order valence-electron chi connectivity index (χ4n) is 1.16. The minimum absolute atomic E-state index is 0. The van der Waals surface area contributed by atoms with E-state index < -0.39 is 0 Å². The van der Waals surface area contributed by atoms with E-state index in [1.807, 2.05) is 11.2 Å². The number of hydrogen-bond donors (Lipinski definition) is 2. The van der Waals surface area contributed by atoms with Crippen molar-refractivity contribution in [2.24, 2.45) is 10.7 Å². The summed E-state index contributed by atoms with van der Waals surface area (Å²) in [6, 6.07) is 0. The van der Waals surface area contributed by atoms with Gasteiger partial charge in [-0.1, -0.05) is 0 Å². The number of rotatable bonds is 0. The molecule has 0 bridgehead atoms. The van der Waals surface area contributed by atoms with Crippen LogP contribution in [-0.2, 0) is 0 Å². The molecule has 2 heterocycles. The van der Waals surface area contributed by atoms with Gasteiger partial charge in [0.15, 0.2) is 0 Å². The highest BCUT2D eigenvalue weighted by Gasteiger charge is 2.18. The first-order chi connectivity index (χ1) is 4.86. The molecule has 0 saturated carbocycles. The molecule has 0 aromatic rings. The van der Waals surface area contributed by atoms with E-state index in [0.29, 0.717) is 6.54 Å². The summed E-state index contributed by atoms with van der Waals surface area (Å²) in [5.74, 6) is 1.11. The van der Waals surface area contributed by atoms with E-state index in [-0.39, 0.29) is 12.4 Å². The van der Waals surface area contributed by atoms with Crippen LogP contribution in [0.2, 0.25) is 0 Å². The quantitative estimate of drug-likeness (QED) is 0.536. The van der Waals surface area contributed by atoms with Crippen molar-refractivity contribution >= 4 is 18.2 Å². The monoisotopic (exact) mass is 174 g/mol. The minimum Gasteiger partial charge on any atom is -0.399 e. The van der Waals surface area contributed by atoms with Crippen molar-refractivity contribution in [1.29, 1.82) is 0 Å². The average Bonchev–Trinajstić information content (AvgIpc) is 2.33. The van der Waals surface area contributed by atoms with E-state index in [9.17, 15) is 0 Å². The molecule has 11 heavy (non-hydrogen) atoms. The van der Waals surface area contributed by atoms with Gasteiger partial charge in [0.2, 0.25) is 0 Å². The Bertz CT molecular complexity index is 211. The van der Waals surface area contributed by atoms with Gasteiger partial charge in [0, 0.05) is 24.9 Å². The minimum atomic E-state index is 0. The lowest BCUT2D eigenvalue weighted by molar-refractivity contribution is 0.451. The molecular weight excluding hydrogens is 164 g/mol. The highest BCUT2D eigenvalue weighted by Crippen LogP contribution is 2.08. The molecule has 2 aliphatic heterocycles. The van der Waals surface area contributed by atoms with Gasteiger partial charge in [-0.05, 0) is 0 Å². The smallest absolute Gasteiger partial charge is 0.119 e. The largest absolute Gasteiger partial charge is 0.399 e. The average molecular weight is 175 g/mol. The second-order valence-corrected chi connectivity index (χ2v) is 2.46. The Morgan fingerprint density at radius 2 is 2.45 bits per heavy atom. The van der Waals surface area contributed by atoms with Gasteiger partial charge in [-0.2, -0.15) is 0 Å². The molecule has 2 rings (SSSR count). The van der Waals surface area contributed by atoms with Gasteiger partial charge in [0.25, 0.3) is 0 Å². The van der Waals surface area contributed by atoms with Crippen LogP contribution in [0.1, 0.15) is 6.42 Å². The van der Waals surface area contributed by atoms with Gasteiger partial charge in [-0.25, -0.2) is 5.43 Å². The Kier molecular flexibility index (Phi) is 2.36. The third-order valence-electron chi connectivity index (χ3n) is 1.65. The van der Waals surface area contributed by atoms with Gasteiger partial charge < -0.3 is 5.73 Å². The Balaban J connectivity index is 0.000000605. The fraction of sp³-hybridized carbons (Fsp3) is 0.500. The Hall–Kier alpha value is -0.740. The Morgan fingerprint density at radius 1 is 1.64 bits per heavy atom. The number of nitrogens with zero attached hydrogens (tertiary/aromatic N) is 2. The highest BCUT2D eigenvalue weighted by atomic mass is 35.5. The lowest BCUT2D eigenvalue weighted by atomic mass is 10.3. The van der Waals surface area contributed by atoms with Gasteiger partial charge in [0.1, 0.15) is 5.84 Å². The normalized spacial score (nSPS) is 21.6. The summed E-state index contributed by atoms with van der Waals surface area (Å²) in [6.07, 6.45) is 2.92. The zero-order valence-electron chi connectivity index (χ0n) is 6.08. The Labute approximate surface area is 71.5 Å². The molecule has 0 aliphatic carbocycles. The van der Waals surface area contributed by atoms with Gasteiger partial charge >= 0.3 is 0 Å². The van der Waals surface area contributed by atoms with Crippen LogP contribution in [0.15, 0.2) is 16.9 Å². The van der Waals surface area contributed by atoms with Gasteiger partial charge in [0.05, 0.1) is 6.54 Å². The van der Waals surface area contributed by atoms with Crippen molar-refractivity contribution in [2.75, 3.05) is 13.1 Å². The number of nitrogens with two attached hydrogens (primary N) is 1. The number of nitrogens with one attached hydrogen (secondary N) is 1. The maximum atomic E-state index is 5.56. The summed E-state index contributed by atoms with van der Waals surface area (Å²) in [6.45, 7) is 1.64. The van der Waals surface area contributed by atoms with Crippen molar-refractivity contribution in [2.45, 2.75) is 6.42 Å². The number of hydrazine groups is 1.